The van der Waals surface area contributed by atoms with Crippen molar-refractivity contribution in [3.8, 4) is 0 Å². The third-order valence-electron chi connectivity index (χ3n) is 6.87. The number of amides is 3. The average Bonchev–Trinajstić information content (AvgIpc) is 3.55. The topological polar surface area (TPSA) is 101 Å². The molecule has 2 atom stereocenters. The number of rotatable bonds is 10. The van der Waals surface area contributed by atoms with Crippen LogP contribution in [0.5, 0.6) is 0 Å². The second-order valence-electron chi connectivity index (χ2n) is 9.82. The first kappa shape index (κ1) is 27.2. The van der Waals surface area contributed by atoms with Gasteiger partial charge in [0.2, 0.25) is 17.7 Å². The zero-order valence-corrected chi connectivity index (χ0v) is 22.0. The van der Waals surface area contributed by atoms with E-state index in [-0.39, 0.29) is 49.3 Å². The van der Waals surface area contributed by atoms with Crippen LogP contribution in [-0.2, 0) is 19.1 Å². The second kappa shape index (κ2) is 13.1. The van der Waals surface area contributed by atoms with Crippen LogP contribution < -0.4 is 10.6 Å². The van der Waals surface area contributed by atoms with Gasteiger partial charge < -0.3 is 20.3 Å². The monoisotopic (exact) mass is 530 g/mol. The summed E-state index contributed by atoms with van der Waals surface area (Å²) in [5.74, 6) is -1.34. The number of benzene rings is 1. The van der Waals surface area contributed by atoms with Crippen LogP contribution in [0.1, 0.15) is 75.1 Å². The summed E-state index contributed by atoms with van der Waals surface area (Å²) in [6.45, 7) is 2.68. The Bertz CT molecular complexity index is 1060. The Kier molecular flexibility index (Phi) is 9.62. The number of anilines is 1. The van der Waals surface area contributed by atoms with Gasteiger partial charge in [-0.3, -0.25) is 14.4 Å². The van der Waals surface area contributed by atoms with Crippen molar-refractivity contribution in [2.75, 3.05) is 18.5 Å². The maximum absolute atomic E-state index is 13.8. The van der Waals surface area contributed by atoms with E-state index in [4.69, 9.17) is 4.74 Å². The van der Waals surface area contributed by atoms with Crippen LogP contribution >= 0.6 is 11.3 Å². The molecule has 37 heavy (non-hydrogen) atoms. The highest BCUT2D eigenvalue weighted by Gasteiger charge is 2.35. The zero-order valence-electron chi connectivity index (χ0n) is 21.2. The number of aromatic nitrogens is 1. The molecule has 1 saturated heterocycles. The lowest BCUT2D eigenvalue weighted by atomic mass is 9.94. The van der Waals surface area contributed by atoms with E-state index in [1.807, 2.05) is 12.3 Å². The molecule has 4 rings (SSSR count). The standard InChI is InChI=1S/C27H35FN4O4S/c1-18-17-37-27(29-18)31-23(33)13-14-24(34)32(16-22-8-5-15-36-22)25(19-9-11-20(28)12-10-19)26(35)30-21-6-3-2-4-7-21/h9-12,17,21-22,25H,2-8,13-16H2,1H3,(H,30,35)(H,29,31,33)/t22-,25+/m1/s1. The Morgan fingerprint density at radius 3 is 2.51 bits per heavy atom. The molecule has 2 fully saturated rings. The maximum atomic E-state index is 13.8. The molecule has 1 aromatic heterocycles. The van der Waals surface area contributed by atoms with Crippen molar-refractivity contribution in [2.45, 2.75) is 82.9 Å². The van der Waals surface area contributed by atoms with Crippen LogP contribution in [0.25, 0.3) is 0 Å². The van der Waals surface area contributed by atoms with Gasteiger partial charge in [0.25, 0.3) is 0 Å². The molecule has 0 radical (unpaired) electrons. The minimum Gasteiger partial charge on any atom is -0.376 e. The van der Waals surface area contributed by atoms with E-state index in [0.717, 1.165) is 50.6 Å². The molecule has 2 aromatic rings. The highest BCUT2D eigenvalue weighted by Crippen LogP contribution is 2.27. The van der Waals surface area contributed by atoms with E-state index in [2.05, 4.69) is 15.6 Å². The predicted molar refractivity (Wildman–Crippen MR) is 140 cm³/mol. The van der Waals surface area contributed by atoms with E-state index in [0.29, 0.717) is 17.3 Å². The van der Waals surface area contributed by atoms with E-state index in [9.17, 15) is 18.8 Å². The molecule has 1 aliphatic carbocycles. The van der Waals surface area contributed by atoms with Crippen molar-refractivity contribution in [3.05, 3.63) is 46.7 Å². The number of nitrogens with one attached hydrogen (secondary N) is 2. The minimum atomic E-state index is -0.941. The van der Waals surface area contributed by atoms with Crippen molar-refractivity contribution < 1.29 is 23.5 Å². The van der Waals surface area contributed by atoms with Crippen LogP contribution in [0.4, 0.5) is 9.52 Å². The fourth-order valence-corrected chi connectivity index (χ4v) is 5.67. The third kappa shape index (κ3) is 7.82. The molecular formula is C27H35FN4O4S. The Labute approximate surface area is 221 Å². The maximum Gasteiger partial charge on any atom is 0.247 e. The average molecular weight is 531 g/mol. The number of carbonyl (C=O) groups is 3. The molecule has 2 N–H and O–H groups in total. The smallest absolute Gasteiger partial charge is 0.247 e. The molecule has 1 saturated carbocycles. The van der Waals surface area contributed by atoms with Gasteiger partial charge in [0.15, 0.2) is 5.13 Å². The minimum absolute atomic E-state index is 0.0418. The number of halogens is 1. The second-order valence-corrected chi connectivity index (χ2v) is 10.7. The fraction of sp³-hybridized carbons (Fsp3) is 0.556. The molecule has 8 nitrogen and oxygen atoms in total. The molecule has 2 heterocycles. The largest absolute Gasteiger partial charge is 0.376 e. The van der Waals surface area contributed by atoms with Gasteiger partial charge in [-0.05, 0) is 50.3 Å². The number of hydrogen-bond acceptors (Lipinski definition) is 6. The van der Waals surface area contributed by atoms with E-state index in [1.165, 1.54) is 28.4 Å². The van der Waals surface area contributed by atoms with Gasteiger partial charge in [-0.1, -0.05) is 31.4 Å². The predicted octanol–water partition coefficient (Wildman–Crippen LogP) is 4.51. The summed E-state index contributed by atoms with van der Waals surface area (Å²) in [4.78, 5) is 45.5. The van der Waals surface area contributed by atoms with Crippen molar-refractivity contribution in [1.82, 2.24) is 15.2 Å². The first-order chi connectivity index (χ1) is 17.9. The summed E-state index contributed by atoms with van der Waals surface area (Å²) in [6, 6.07) is 4.81. The van der Waals surface area contributed by atoms with Crippen LogP contribution in [0, 0.1) is 12.7 Å². The summed E-state index contributed by atoms with van der Waals surface area (Å²) in [5.41, 5.74) is 1.34. The summed E-state index contributed by atoms with van der Waals surface area (Å²) < 4.78 is 19.6. The van der Waals surface area contributed by atoms with E-state index < -0.39 is 11.9 Å². The number of aryl methyl sites for hydroxylation is 1. The number of carbonyl (C=O) groups excluding carboxylic acids is 3. The highest BCUT2D eigenvalue weighted by atomic mass is 32.1. The molecule has 1 aliphatic heterocycles. The summed E-state index contributed by atoms with van der Waals surface area (Å²) in [6.07, 6.45) is 6.43. The first-order valence-electron chi connectivity index (χ1n) is 13.1. The molecule has 0 bridgehead atoms. The van der Waals surface area contributed by atoms with Crippen LogP contribution in [-0.4, -0.2) is 52.9 Å². The molecule has 3 amide bonds. The first-order valence-corrected chi connectivity index (χ1v) is 14.0. The summed E-state index contributed by atoms with van der Waals surface area (Å²) >= 11 is 1.32. The summed E-state index contributed by atoms with van der Waals surface area (Å²) in [5, 5.41) is 8.19. The molecule has 10 heteroatoms. The Morgan fingerprint density at radius 2 is 1.86 bits per heavy atom. The summed E-state index contributed by atoms with van der Waals surface area (Å²) in [7, 11) is 0. The van der Waals surface area contributed by atoms with Crippen LogP contribution in [0.2, 0.25) is 0 Å². The SMILES string of the molecule is Cc1csc(NC(=O)CCC(=O)N(C[C@H]2CCCO2)[C@H](C(=O)NC2CCCCC2)c2ccc(F)cc2)n1. The van der Waals surface area contributed by atoms with Gasteiger partial charge in [0.05, 0.1) is 11.8 Å². The van der Waals surface area contributed by atoms with Crippen molar-refractivity contribution in [1.29, 1.82) is 0 Å². The van der Waals surface area contributed by atoms with Crippen molar-refractivity contribution >= 4 is 34.2 Å². The number of hydrogen-bond donors (Lipinski definition) is 2. The Morgan fingerprint density at radius 1 is 1.11 bits per heavy atom. The molecule has 0 unspecified atom stereocenters. The molecule has 1 aromatic carbocycles. The Hall–Kier alpha value is -2.85. The number of thiazole rings is 1. The van der Waals surface area contributed by atoms with E-state index in [1.54, 1.807) is 12.1 Å². The Balaban J connectivity index is 1.53. The van der Waals surface area contributed by atoms with Gasteiger partial charge in [0.1, 0.15) is 11.9 Å². The van der Waals surface area contributed by atoms with Crippen molar-refractivity contribution in [3.63, 3.8) is 0 Å². The van der Waals surface area contributed by atoms with Gasteiger partial charge in [-0.2, -0.15) is 0 Å². The van der Waals surface area contributed by atoms with Gasteiger partial charge >= 0.3 is 0 Å². The third-order valence-corrected chi connectivity index (χ3v) is 7.75. The highest BCUT2D eigenvalue weighted by molar-refractivity contribution is 7.13. The fourth-order valence-electron chi connectivity index (χ4n) is 4.96. The number of ether oxygens (including phenoxy) is 1. The molecule has 200 valence electrons. The molecule has 0 spiro atoms. The van der Waals surface area contributed by atoms with Crippen LogP contribution in [0.15, 0.2) is 29.6 Å². The van der Waals surface area contributed by atoms with Crippen molar-refractivity contribution in [2.24, 2.45) is 0 Å². The van der Waals surface area contributed by atoms with Gasteiger partial charge in [-0.15, -0.1) is 11.3 Å². The van der Waals surface area contributed by atoms with Crippen LogP contribution in [0.3, 0.4) is 0 Å². The normalized spacial score (nSPS) is 18.8. The lowest BCUT2D eigenvalue weighted by Gasteiger charge is -2.34. The van der Waals surface area contributed by atoms with E-state index >= 15 is 0 Å². The molecule has 2 aliphatic rings. The molecular weight excluding hydrogens is 495 g/mol. The van der Waals surface area contributed by atoms with Gasteiger partial charge in [0, 0.05) is 37.4 Å². The zero-order chi connectivity index (χ0) is 26.2. The lowest BCUT2D eigenvalue weighted by molar-refractivity contribution is -0.143. The number of nitrogens with zero attached hydrogens (tertiary/aromatic N) is 2. The lowest BCUT2D eigenvalue weighted by Crippen LogP contribution is -2.49. The quantitative estimate of drug-likeness (QED) is 0.471. The van der Waals surface area contributed by atoms with Gasteiger partial charge in [-0.25, -0.2) is 9.37 Å².